The highest BCUT2D eigenvalue weighted by atomic mass is 32.1. The first-order chi connectivity index (χ1) is 9.42. The number of nitrogens with zero attached hydrogens (tertiary/aromatic N) is 1. The summed E-state index contributed by atoms with van der Waals surface area (Å²) < 4.78 is 0. The Kier molecular flexibility index (Phi) is 4.16. The Bertz CT molecular complexity index is 506. The molecule has 0 unspecified atom stereocenters. The second-order valence-electron chi connectivity index (χ2n) is 5.04. The molecule has 1 N–H and O–H groups in total. The Hall–Kier alpha value is -1.32. The van der Waals surface area contributed by atoms with Gasteiger partial charge >= 0.3 is 0 Å². The molecule has 0 atom stereocenters. The van der Waals surface area contributed by atoms with Gasteiger partial charge in [-0.2, -0.15) is 0 Å². The Morgan fingerprint density at radius 2 is 2.05 bits per heavy atom. The Balaban J connectivity index is 1.40. The van der Waals surface area contributed by atoms with Crippen LogP contribution in [0.1, 0.15) is 16.9 Å². The fourth-order valence-corrected chi connectivity index (χ4v) is 3.48. The lowest BCUT2D eigenvalue weighted by molar-refractivity contribution is 0.255. The third-order valence-corrected chi connectivity index (χ3v) is 4.66. The fraction of sp³-hybridized carbons (Fsp3) is 0.375. The van der Waals surface area contributed by atoms with Gasteiger partial charge in [-0.3, -0.25) is 4.90 Å². The number of thiophene rings is 1. The summed E-state index contributed by atoms with van der Waals surface area (Å²) in [6, 6.07) is 12.7. The minimum absolute atomic E-state index is 1.05. The van der Waals surface area contributed by atoms with E-state index in [9.17, 15) is 0 Å². The van der Waals surface area contributed by atoms with E-state index < -0.39 is 0 Å². The molecule has 3 heteroatoms. The highest BCUT2D eigenvalue weighted by Gasteiger charge is 2.16. The molecule has 1 aliphatic rings. The smallest absolute Gasteiger partial charge is 0.0340 e. The monoisotopic (exact) mass is 272 g/mol. The number of hydrogen-bond acceptors (Lipinski definition) is 3. The highest BCUT2D eigenvalue weighted by Crippen LogP contribution is 2.23. The maximum absolute atomic E-state index is 3.47. The predicted octanol–water partition coefficient (Wildman–Crippen LogP) is 3.61. The van der Waals surface area contributed by atoms with Crippen LogP contribution < -0.4 is 5.32 Å². The molecule has 19 heavy (non-hydrogen) atoms. The van der Waals surface area contributed by atoms with Gasteiger partial charge in [0.1, 0.15) is 0 Å². The molecule has 2 heterocycles. The molecular weight excluding hydrogens is 252 g/mol. The zero-order chi connectivity index (χ0) is 12.9. The van der Waals surface area contributed by atoms with E-state index in [1.165, 1.54) is 31.6 Å². The predicted molar refractivity (Wildman–Crippen MR) is 82.8 cm³/mol. The van der Waals surface area contributed by atoms with Crippen LogP contribution in [0.15, 0.2) is 41.8 Å². The summed E-state index contributed by atoms with van der Waals surface area (Å²) in [6.07, 6.45) is 2.44. The molecule has 1 aromatic carbocycles. The van der Waals surface area contributed by atoms with Crippen molar-refractivity contribution >= 4 is 17.0 Å². The van der Waals surface area contributed by atoms with Crippen molar-refractivity contribution in [3.8, 4) is 0 Å². The SMILES string of the molecule is c1ccc(NCCCN2CCc3sccc3C2)cc1. The number of hydrogen-bond donors (Lipinski definition) is 1. The average Bonchev–Trinajstić information content (AvgIpc) is 2.92. The van der Waals surface area contributed by atoms with Gasteiger partial charge < -0.3 is 5.32 Å². The van der Waals surface area contributed by atoms with Crippen molar-refractivity contribution in [2.45, 2.75) is 19.4 Å². The summed E-state index contributed by atoms with van der Waals surface area (Å²) in [6.45, 7) is 4.61. The quantitative estimate of drug-likeness (QED) is 0.837. The summed E-state index contributed by atoms with van der Waals surface area (Å²) in [7, 11) is 0. The third-order valence-electron chi connectivity index (χ3n) is 3.64. The zero-order valence-electron chi connectivity index (χ0n) is 11.1. The molecule has 0 saturated carbocycles. The summed E-state index contributed by atoms with van der Waals surface area (Å²) in [5, 5.41) is 5.70. The molecule has 0 spiro atoms. The number of rotatable bonds is 5. The van der Waals surface area contributed by atoms with Gasteiger partial charge in [-0.25, -0.2) is 0 Å². The fourth-order valence-electron chi connectivity index (χ4n) is 2.59. The largest absolute Gasteiger partial charge is 0.385 e. The lowest BCUT2D eigenvalue weighted by atomic mass is 10.1. The third kappa shape index (κ3) is 3.37. The van der Waals surface area contributed by atoms with Crippen molar-refractivity contribution in [2.75, 3.05) is 25.0 Å². The van der Waals surface area contributed by atoms with Crippen LogP contribution in [0.3, 0.4) is 0 Å². The van der Waals surface area contributed by atoms with Crippen LogP contribution in [-0.2, 0) is 13.0 Å². The molecule has 1 aromatic heterocycles. The van der Waals surface area contributed by atoms with Gasteiger partial charge in [-0.15, -0.1) is 11.3 Å². The van der Waals surface area contributed by atoms with Crippen LogP contribution >= 0.6 is 11.3 Å². The Morgan fingerprint density at radius 1 is 1.16 bits per heavy atom. The molecule has 3 rings (SSSR count). The number of fused-ring (bicyclic) bond motifs is 1. The van der Waals surface area contributed by atoms with E-state index >= 15 is 0 Å². The lowest BCUT2D eigenvalue weighted by Crippen LogP contribution is -2.31. The first-order valence-corrected chi connectivity index (χ1v) is 7.86. The van der Waals surface area contributed by atoms with Crippen molar-refractivity contribution in [2.24, 2.45) is 0 Å². The van der Waals surface area contributed by atoms with Crippen LogP contribution in [0.4, 0.5) is 5.69 Å². The van der Waals surface area contributed by atoms with Gasteiger partial charge in [0, 0.05) is 36.7 Å². The van der Waals surface area contributed by atoms with E-state index in [1.54, 1.807) is 10.4 Å². The van der Waals surface area contributed by atoms with Crippen molar-refractivity contribution in [3.63, 3.8) is 0 Å². The van der Waals surface area contributed by atoms with Crippen LogP contribution in [0.25, 0.3) is 0 Å². The summed E-state index contributed by atoms with van der Waals surface area (Å²) >= 11 is 1.91. The minimum Gasteiger partial charge on any atom is -0.385 e. The Morgan fingerprint density at radius 3 is 2.95 bits per heavy atom. The zero-order valence-corrected chi connectivity index (χ0v) is 12.0. The number of benzene rings is 1. The topological polar surface area (TPSA) is 15.3 Å². The molecule has 1 aliphatic heterocycles. The van der Waals surface area contributed by atoms with Crippen molar-refractivity contribution in [1.82, 2.24) is 4.90 Å². The van der Waals surface area contributed by atoms with Crippen molar-refractivity contribution in [1.29, 1.82) is 0 Å². The average molecular weight is 272 g/mol. The van der Waals surface area contributed by atoms with Gasteiger partial charge in [0.2, 0.25) is 0 Å². The molecule has 0 fully saturated rings. The lowest BCUT2D eigenvalue weighted by Gasteiger charge is -2.26. The standard InChI is InChI=1S/C16H20N2S/c1-2-5-15(6-3-1)17-9-4-10-18-11-7-16-14(13-18)8-12-19-16/h1-3,5-6,8,12,17H,4,7,9-11,13H2. The molecule has 0 bridgehead atoms. The van der Waals surface area contributed by atoms with Gasteiger partial charge in [-0.05, 0) is 42.0 Å². The van der Waals surface area contributed by atoms with E-state index in [0.717, 1.165) is 13.1 Å². The van der Waals surface area contributed by atoms with Gasteiger partial charge in [0.15, 0.2) is 0 Å². The van der Waals surface area contributed by atoms with E-state index in [-0.39, 0.29) is 0 Å². The molecule has 2 aromatic rings. The molecule has 0 saturated heterocycles. The van der Waals surface area contributed by atoms with Crippen LogP contribution in [0, 0.1) is 0 Å². The first-order valence-electron chi connectivity index (χ1n) is 6.98. The maximum atomic E-state index is 3.47. The molecule has 2 nitrogen and oxygen atoms in total. The van der Waals surface area contributed by atoms with Gasteiger partial charge in [0.25, 0.3) is 0 Å². The normalized spacial score (nSPS) is 15.2. The maximum Gasteiger partial charge on any atom is 0.0340 e. The number of anilines is 1. The Labute approximate surface area is 119 Å². The summed E-state index contributed by atoms with van der Waals surface area (Å²) in [4.78, 5) is 4.17. The minimum atomic E-state index is 1.05. The number of para-hydroxylation sites is 1. The summed E-state index contributed by atoms with van der Waals surface area (Å²) in [5.74, 6) is 0. The molecule has 0 amide bonds. The van der Waals surface area contributed by atoms with Crippen LogP contribution in [0.5, 0.6) is 0 Å². The molecule has 100 valence electrons. The molecular formula is C16H20N2S. The van der Waals surface area contributed by atoms with E-state index in [1.807, 2.05) is 11.3 Å². The first kappa shape index (κ1) is 12.7. The number of nitrogens with one attached hydrogen (secondary N) is 1. The van der Waals surface area contributed by atoms with E-state index in [0.29, 0.717) is 0 Å². The molecule has 0 aliphatic carbocycles. The van der Waals surface area contributed by atoms with E-state index in [4.69, 9.17) is 0 Å². The van der Waals surface area contributed by atoms with Crippen molar-refractivity contribution < 1.29 is 0 Å². The highest BCUT2D eigenvalue weighted by molar-refractivity contribution is 7.10. The van der Waals surface area contributed by atoms with Gasteiger partial charge in [0.05, 0.1) is 0 Å². The second-order valence-corrected chi connectivity index (χ2v) is 6.04. The second kappa shape index (κ2) is 6.22. The molecule has 0 radical (unpaired) electrons. The van der Waals surface area contributed by atoms with Crippen LogP contribution in [0.2, 0.25) is 0 Å². The van der Waals surface area contributed by atoms with Crippen LogP contribution in [-0.4, -0.2) is 24.5 Å². The summed E-state index contributed by atoms with van der Waals surface area (Å²) in [5.41, 5.74) is 2.77. The van der Waals surface area contributed by atoms with Crippen molar-refractivity contribution in [3.05, 3.63) is 52.2 Å². The van der Waals surface area contributed by atoms with E-state index in [2.05, 4.69) is 52.0 Å². The van der Waals surface area contributed by atoms with Gasteiger partial charge in [-0.1, -0.05) is 18.2 Å².